The molecule has 0 bridgehead atoms. The maximum absolute atomic E-state index is 11.0. The molecule has 0 atom stereocenters. The molecule has 0 spiro atoms. The first-order valence-electron chi connectivity index (χ1n) is 5.52. The zero-order chi connectivity index (χ0) is 14.7. The summed E-state index contributed by atoms with van der Waals surface area (Å²) in [5.41, 5.74) is 3.45. The first-order chi connectivity index (χ1) is 9.51. The Morgan fingerprint density at radius 2 is 2.20 bits per heavy atom. The molecule has 20 heavy (non-hydrogen) atoms. The highest BCUT2D eigenvalue weighted by Gasteiger charge is 2.18. The number of nitrogen functional groups attached to an aromatic ring is 1. The van der Waals surface area contributed by atoms with Gasteiger partial charge >= 0.3 is 5.69 Å². The minimum absolute atomic E-state index is 0.0308. The zero-order valence-electron chi connectivity index (χ0n) is 10.4. The van der Waals surface area contributed by atoms with Gasteiger partial charge in [0, 0.05) is 10.7 Å². The van der Waals surface area contributed by atoms with Crippen LogP contribution in [0.5, 0.6) is 0 Å². The van der Waals surface area contributed by atoms with Crippen molar-refractivity contribution >= 4 is 34.7 Å². The van der Waals surface area contributed by atoms with Crippen LogP contribution in [0.2, 0.25) is 5.02 Å². The van der Waals surface area contributed by atoms with E-state index in [1.54, 1.807) is 18.2 Å². The summed E-state index contributed by atoms with van der Waals surface area (Å²) in [5, 5.41) is 14.3. The molecule has 0 radical (unpaired) electrons. The number of hydrazine groups is 1. The molecule has 104 valence electrons. The molecule has 0 saturated heterocycles. The van der Waals surface area contributed by atoms with Crippen LogP contribution in [0.15, 0.2) is 24.4 Å². The fourth-order valence-corrected chi connectivity index (χ4v) is 1.70. The summed E-state index contributed by atoms with van der Waals surface area (Å²) < 4.78 is 0. The molecule has 9 heteroatoms. The monoisotopic (exact) mass is 294 g/mol. The molecule has 1 heterocycles. The van der Waals surface area contributed by atoms with Crippen molar-refractivity contribution < 1.29 is 4.92 Å². The fraction of sp³-hybridized carbons (Fsp3) is 0.0909. The summed E-state index contributed by atoms with van der Waals surface area (Å²) in [5.74, 6) is 5.30. The van der Waals surface area contributed by atoms with Gasteiger partial charge in [0.05, 0.1) is 4.92 Å². The van der Waals surface area contributed by atoms with E-state index < -0.39 is 4.92 Å². The third kappa shape index (κ3) is 2.92. The summed E-state index contributed by atoms with van der Waals surface area (Å²) in [6.45, 7) is 1.84. The summed E-state index contributed by atoms with van der Waals surface area (Å²) in [4.78, 5) is 18.0. The average molecular weight is 295 g/mol. The Morgan fingerprint density at radius 3 is 2.85 bits per heavy atom. The topological polar surface area (TPSA) is 119 Å². The standard InChI is InChI=1S/C11H11ClN6O2/c1-6-2-3-7(12)4-8(6)15-10-9(18(19)20)5-14-11(16-10)17-13/h2-5H,13H2,1H3,(H2,14,15,16,17). The number of rotatable bonds is 4. The van der Waals surface area contributed by atoms with Gasteiger partial charge in [-0.05, 0) is 24.6 Å². The molecular weight excluding hydrogens is 284 g/mol. The lowest BCUT2D eigenvalue weighted by molar-refractivity contribution is -0.384. The molecule has 4 N–H and O–H groups in total. The molecule has 0 aliphatic carbocycles. The molecule has 0 amide bonds. The third-order valence-corrected chi connectivity index (χ3v) is 2.78. The number of benzene rings is 1. The van der Waals surface area contributed by atoms with Crippen molar-refractivity contribution in [1.82, 2.24) is 9.97 Å². The van der Waals surface area contributed by atoms with Gasteiger partial charge in [-0.15, -0.1) is 0 Å². The SMILES string of the molecule is Cc1ccc(Cl)cc1Nc1nc(NN)ncc1[N+](=O)[O-]. The van der Waals surface area contributed by atoms with Gasteiger partial charge in [0.15, 0.2) is 0 Å². The van der Waals surface area contributed by atoms with Gasteiger partial charge in [0.1, 0.15) is 6.20 Å². The summed E-state index contributed by atoms with van der Waals surface area (Å²) in [6, 6.07) is 5.17. The first kappa shape index (κ1) is 14.0. The first-order valence-corrected chi connectivity index (χ1v) is 5.90. The molecule has 2 rings (SSSR count). The van der Waals surface area contributed by atoms with Crippen LogP contribution in [0.4, 0.5) is 23.1 Å². The van der Waals surface area contributed by atoms with E-state index in [1.807, 2.05) is 6.92 Å². The Balaban J connectivity index is 2.45. The molecule has 0 saturated carbocycles. The highest BCUT2D eigenvalue weighted by molar-refractivity contribution is 6.30. The Labute approximate surface area is 119 Å². The summed E-state index contributed by atoms with van der Waals surface area (Å²) in [7, 11) is 0. The molecule has 1 aromatic heterocycles. The Kier molecular flexibility index (Phi) is 3.97. The number of hydrogen-bond donors (Lipinski definition) is 3. The lowest BCUT2D eigenvalue weighted by Gasteiger charge is -2.10. The van der Waals surface area contributed by atoms with Gasteiger partial charge in [-0.3, -0.25) is 15.5 Å². The molecular formula is C11H11ClN6O2. The largest absolute Gasteiger partial charge is 0.334 e. The van der Waals surface area contributed by atoms with Gasteiger partial charge in [-0.2, -0.15) is 4.98 Å². The Hall–Kier alpha value is -2.45. The van der Waals surface area contributed by atoms with Crippen molar-refractivity contribution in [3.05, 3.63) is 45.1 Å². The lowest BCUT2D eigenvalue weighted by atomic mass is 10.2. The van der Waals surface area contributed by atoms with Crippen LogP contribution in [0.25, 0.3) is 0 Å². The minimum Gasteiger partial charge on any atom is -0.334 e. The molecule has 8 nitrogen and oxygen atoms in total. The maximum Gasteiger partial charge on any atom is 0.329 e. The van der Waals surface area contributed by atoms with Crippen LogP contribution in [-0.2, 0) is 0 Å². The van der Waals surface area contributed by atoms with Gasteiger partial charge in [0.25, 0.3) is 0 Å². The van der Waals surface area contributed by atoms with Gasteiger partial charge < -0.3 is 5.32 Å². The summed E-state index contributed by atoms with van der Waals surface area (Å²) >= 11 is 5.90. The Morgan fingerprint density at radius 1 is 1.45 bits per heavy atom. The number of nitrogens with two attached hydrogens (primary N) is 1. The van der Waals surface area contributed by atoms with Crippen LogP contribution in [0.1, 0.15) is 5.56 Å². The number of nitrogens with one attached hydrogen (secondary N) is 2. The van der Waals surface area contributed by atoms with Crippen LogP contribution in [-0.4, -0.2) is 14.9 Å². The Bertz CT molecular complexity index is 663. The molecule has 0 fully saturated rings. The number of aromatic nitrogens is 2. The van der Waals surface area contributed by atoms with E-state index >= 15 is 0 Å². The van der Waals surface area contributed by atoms with Crippen molar-refractivity contribution in [2.24, 2.45) is 5.84 Å². The zero-order valence-corrected chi connectivity index (χ0v) is 11.2. The van der Waals surface area contributed by atoms with Crippen molar-refractivity contribution in [3.63, 3.8) is 0 Å². The van der Waals surface area contributed by atoms with E-state index in [1.165, 1.54) is 0 Å². The van der Waals surface area contributed by atoms with Gasteiger partial charge in [-0.25, -0.2) is 10.8 Å². The van der Waals surface area contributed by atoms with Gasteiger partial charge in [-0.1, -0.05) is 17.7 Å². The van der Waals surface area contributed by atoms with Crippen LogP contribution >= 0.6 is 11.6 Å². The second-order valence-corrected chi connectivity index (χ2v) is 4.35. The highest BCUT2D eigenvalue weighted by Crippen LogP contribution is 2.28. The fourth-order valence-electron chi connectivity index (χ4n) is 1.53. The van der Waals surface area contributed by atoms with E-state index in [-0.39, 0.29) is 17.5 Å². The number of aryl methyl sites for hydroxylation is 1. The van der Waals surface area contributed by atoms with E-state index in [2.05, 4.69) is 20.7 Å². The third-order valence-electron chi connectivity index (χ3n) is 2.55. The normalized spacial score (nSPS) is 10.2. The predicted octanol–water partition coefficient (Wildman–Crippen LogP) is 2.38. The number of nitro groups is 1. The second kappa shape index (κ2) is 5.68. The summed E-state index contributed by atoms with van der Waals surface area (Å²) in [6.07, 6.45) is 1.07. The highest BCUT2D eigenvalue weighted by atomic mass is 35.5. The van der Waals surface area contributed by atoms with E-state index in [4.69, 9.17) is 17.4 Å². The van der Waals surface area contributed by atoms with E-state index in [9.17, 15) is 10.1 Å². The van der Waals surface area contributed by atoms with Crippen molar-refractivity contribution in [3.8, 4) is 0 Å². The van der Waals surface area contributed by atoms with Crippen LogP contribution < -0.4 is 16.6 Å². The minimum atomic E-state index is -0.581. The number of hydrogen-bond acceptors (Lipinski definition) is 7. The molecule has 0 unspecified atom stereocenters. The number of halogens is 1. The van der Waals surface area contributed by atoms with Crippen molar-refractivity contribution in [2.75, 3.05) is 10.7 Å². The smallest absolute Gasteiger partial charge is 0.329 e. The predicted molar refractivity (Wildman–Crippen MR) is 76.0 cm³/mol. The average Bonchev–Trinajstić information content (AvgIpc) is 2.42. The van der Waals surface area contributed by atoms with Crippen molar-refractivity contribution in [2.45, 2.75) is 6.92 Å². The molecule has 2 aromatic rings. The van der Waals surface area contributed by atoms with E-state index in [0.717, 1.165) is 11.8 Å². The second-order valence-electron chi connectivity index (χ2n) is 3.91. The molecule has 0 aliphatic heterocycles. The lowest BCUT2D eigenvalue weighted by Crippen LogP contribution is -2.12. The molecule has 0 aliphatic rings. The van der Waals surface area contributed by atoms with Crippen LogP contribution in [0.3, 0.4) is 0 Å². The maximum atomic E-state index is 11.0. The van der Waals surface area contributed by atoms with Gasteiger partial charge in [0.2, 0.25) is 11.8 Å². The molecule has 1 aromatic carbocycles. The number of anilines is 3. The quantitative estimate of drug-likeness (QED) is 0.450. The van der Waals surface area contributed by atoms with E-state index in [0.29, 0.717) is 10.7 Å². The van der Waals surface area contributed by atoms with Crippen molar-refractivity contribution in [1.29, 1.82) is 0 Å². The number of nitrogens with zero attached hydrogens (tertiary/aromatic N) is 3. The van der Waals surface area contributed by atoms with Crippen LogP contribution in [0, 0.1) is 17.0 Å².